The van der Waals surface area contributed by atoms with Crippen molar-refractivity contribution in [1.82, 2.24) is 0 Å². The maximum absolute atomic E-state index is 11.8. The highest BCUT2D eigenvalue weighted by Gasteiger charge is 2.40. The van der Waals surface area contributed by atoms with Crippen LogP contribution in [0.2, 0.25) is 0 Å². The predicted octanol–water partition coefficient (Wildman–Crippen LogP) is 2.32. The normalized spacial score (nSPS) is 12.2. The van der Waals surface area contributed by atoms with E-state index in [1.807, 2.05) is 41.5 Å². The molecule has 0 fully saturated rings. The molecule has 0 bridgehead atoms. The Morgan fingerprint density at radius 3 is 1.46 bits per heavy atom. The summed E-state index contributed by atoms with van der Waals surface area (Å²) in [7, 11) is 0. The first-order chi connectivity index (χ1) is 5.60. The zero-order chi connectivity index (χ0) is 10.9. The summed E-state index contributed by atoms with van der Waals surface area (Å²) in [5, 5.41) is 0. The van der Waals surface area contributed by atoms with Crippen molar-refractivity contribution in [1.29, 1.82) is 0 Å². The van der Waals surface area contributed by atoms with Gasteiger partial charge in [-0.1, -0.05) is 20.8 Å². The topological polar surface area (TPSA) is 53.5 Å². The van der Waals surface area contributed by atoms with Crippen molar-refractivity contribution in [2.75, 3.05) is 0 Å². The van der Waals surface area contributed by atoms with Crippen LogP contribution in [0.25, 0.3) is 5.53 Å². The molecule has 0 amide bonds. The Hall–Kier alpha value is -0.950. The molecule has 0 aromatic carbocycles. The van der Waals surface area contributed by atoms with Crippen LogP contribution in [0.1, 0.15) is 41.5 Å². The van der Waals surface area contributed by atoms with Gasteiger partial charge in [0.25, 0.3) is 0 Å². The monoisotopic (exact) mass is 182 g/mol. The van der Waals surface area contributed by atoms with Crippen molar-refractivity contribution in [3.8, 4) is 0 Å². The van der Waals surface area contributed by atoms with Gasteiger partial charge in [-0.25, -0.2) is 0 Å². The molecule has 0 unspecified atom stereocenters. The van der Waals surface area contributed by atoms with Crippen LogP contribution in [0.3, 0.4) is 0 Å². The van der Waals surface area contributed by atoms with Crippen LogP contribution in [0.5, 0.6) is 0 Å². The van der Waals surface area contributed by atoms with E-state index < -0.39 is 10.8 Å². The molecule has 0 rings (SSSR count). The molecule has 13 heavy (non-hydrogen) atoms. The molecular weight excluding hydrogens is 164 g/mol. The van der Waals surface area contributed by atoms with Crippen LogP contribution in [-0.2, 0) is 4.79 Å². The SMILES string of the molecule is CC(C)(C)C(=O)C(=[N+]=[N-])C(C)(C)C. The van der Waals surface area contributed by atoms with Crippen LogP contribution in [0.4, 0.5) is 0 Å². The zero-order valence-electron chi connectivity index (χ0n) is 9.30. The lowest BCUT2D eigenvalue weighted by Crippen LogP contribution is -2.37. The number of rotatable bonds is 1. The summed E-state index contributed by atoms with van der Waals surface area (Å²) in [6, 6.07) is 0. The summed E-state index contributed by atoms with van der Waals surface area (Å²) in [4.78, 5) is 14.8. The third-order valence-corrected chi connectivity index (χ3v) is 1.71. The Kier molecular flexibility index (Phi) is 3.18. The lowest BCUT2D eigenvalue weighted by molar-refractivity contribution is -0.125. The maximum Gasteiger partial charge on any atom is 0.340 e. The number of hydrogen-bond donors (Lipinski definition) is 0. The number of ketones is 1. The zero-order valence-corrected chi connectivity index (χ0v) is 9.30. The minimum atomic E-state index is -0.491. The first kappa shape index (κ1) is 12.0. The quantitative estimate of drug-likeness (QED) is 0.349. The molecule has 3 nitrogen and oxygen atoms in total. The van der Waals surface area contributed by atoms with E-state index >= 15 is 0 Å². The van der Waals surface area contributed by atoms with Gasteiger partial charge in [-0.15, -0.1) is 0 Å². The van der Waals surface area contributed by atoms with Crippen molar-refractivity contribution in [3.63, 3.8) is 0 Å². The molecule has 3 heteroatoms. The van der Waals surface area contributed by atoms with Crippen molar-refractivity contribution in [3.05, 3.63) is 5.53 Å². The Labute approximate surface area is 79.8 Å². The Bertz CT molecular complexity index is 260. The third kappa shape index (κ3) is 3.11. The van der Waals surface area contributed by atoms with Gasteiger partial charge in [-0.3, -0.25) is 4.79 Å². The molecule has 0 radical (unpaired) electrons. The van der Waals surface area contributed by atoms with E-state index in [0.717, 1.165) is 0 Å². The average molecular weight is 182 g/mol. The van der Waals surface area contributed by atoms with Gasteiger partial charge in [0.1, 0.15) is 0 Å². The first-order valence-electron chi connectivity index (χ1n) is 4.38. The van der Waals surface area contributed by atoms with E-state index in [-0.39, 0.29) is 11.5 Å². The lowest BCUT2D eigenvalue weighted by atomic mass is 9.78. The Morgan fingerprint density at radius 2 is 1.38 bits per heavy atom. The van der Waals surface area contributed by atoms with E-state index in [9.17, 15) is 4.79 Å². The van der Waals surface area contributed by atoms with Crippen LogP contribution < -0.4 is 0 Å². The van der Waals surface area contributed by atoms with Gasteiger partial charge in [0.2, 0.25) is 5.78 Å². The molecule has 0 heterocycles. The minimum Gasteiger partial charge on any atom is -0.361 e. The van der Waals surface area contributed by atoms with E-state index in [2.05, 4.69) is 4.79 Å². The lowest BCUT2D eigenvalue weighted by Gasteiger charge is -2.19. The molecule has 0 atom stereocenters. The summed E-state index contributed by atoms with van der Waals surface area (Å²) in [5.74, 6) is -0.109. The molecule has 0 aliphatic rings. The third-order valence-electron chi connectivity index (χ3n) is 1.71. The largest absolute Gasteiger partial charge is 0.361 e. The highest BCUT2D eigenvalue weighted by molar-refractivity contribution is 6.40. The minimum absolute atomic E-state index is 0.109. The van der Waals surface area contributed by atoms with Gasteiger partial charge in [0.05, 0.1) is 5.41 Å². The molecule has 0 saturated heterocycles. The second-order valence-electron chi connectivity index (χ2n) is 5.28. The highest BCUT2D eigenvalue weighted by Crippen LogP contribution is 2.23. The summed E-state index contributed by atoms with van der Waals surface area (Å²) < 4.78 is 0. The summed E-state index contributed by atoms with van der Waals surface area (Å²) in [5.41, 5.74) is 8.10. The van der Waals surface area contributed by atoms with Crippen molar-refractivity contribution in [2.45, 2.75) is 41.5 Å². The number of Topliss-reactive ketones (excluding diaryl/α,β-unsaturated/α-hetero) is 1. The number of carbonyl (C=O) groups excluding carboxylic acids is 1. The smallest absolute Gasteiger partial charge is 0.340 e. The van der Waals surface area contributed by atoms with Gasteiger partial charge in [0.15, 0.2) is 0 Å². The fraction of sp³-hybridized carbons (Fsp3) is 0.800. The van der Waals surface area contributed by atoms with Crippen LogP contribution in [-0.4, -0.2) is 16.3 Å². The van der Waals surface area contributed by atoms with Gasteiger partial charge < -0.3 is 5.53 Å². The molecule has 0 N–H and O–H groups in total. The molecule has 0 saturated carbocycles. The average Bonchev–Trinajstić information content (AvgIpc) is 1.83. The maximum atomic E-state index is 11.8. The van der Waals surface area contributed by atoms with Crippen LogP contribution in [0.15, 0.2) is 0 Å². The molecule has 0 aromatic rings. The fourth-order valence-corrected chi connectivity index (χ4v) is 0.891. The van der Waals surface area contributed by atoms with E-state index in [4.69, 9.17) is 5.53 Å². The first-order valence-corrected chi connectivity index (χ1v) is 4.38. The summed E-state index contributed by atoms with van der Waals surface area (Å²) in [6.45, 7) is 11.0. The van der Waals surface area contributed by atoms with Crippen molar-refractivity contribution < 1.29 is 9.58 Å². The molecule has 0 aliphatic carbocycles. The molecular formula is C10H18N2O. The van der Waals surface area contributed by atoms with E-state index in [0.29, 0.717) is 0 Å². The van der Waals surface area contributed by atoms with E-state index in [1.54, 1.807) is 0 Å². The summed E-state index contributed by atoms with van der Waals surface area (Å²) in [6.07, 6.45) is 0. The highest BCUT2D eigenvalue weighted by atomic mass is 16.1. The van der Waals surface area contributed by atoms with Crippen molar-refractivity contribution >= 4 is 11.5 Å². The van der Waals surface area contributed by atoms with Crippen LogP contribution in [0, 0.1) is 10.8 Å². The second-order valence-corrected chi connectivity index (χ2v) is 5.28. The van der Waals surface area contributed by atoms with Crippen molar-refractivity contribution in [2.24, 2.45) is 10.8 Å². The predicted molar refractivity (Wildman–Crippen MR) is 52.5 cm³/mol. The molecule has 74 valence electrons. The number of hydrogen-bond acceptors (Lipinski definition) is 1. The van der Waals surface area contributed by atoms with E-state index in [1.165, 1.54) is 0 Å². The van der Waals surface area contributed by atoms with Gasteiger partial charge >= 0.3 is 5.71 Å². The van der Waals surface area contributed by atoms with Gasteiger partial charge in [-0.05, 0) is 20.8 Å². The van der Waals surface area contributed by atoms with Crippen LogP contribution >= 0.6 is 0 Å². The Balaban J connectivity index is 5.09. The molecule has 0 aromatic heterocycles. The Morgan fingerprint density at radius 1 is 1.00 bits per heavy atom. The van der Waals surface area contributed by atoms with Gasteiger partial charge in [-0.2, -0.15) is 4.79 Å². The molecule has 0 aliphatic heterocycles. The number of nitrogens with zero attached hydrogens (tertiary/aromatic N) is 2. The summed E-state index contributed by atoms with van der Waals surface area (Å²) >= 11 is 0. The molecule has 0 spiro atoms. The standard InChI is InChI=1S/C10H18N2O/c1-9(2,3)7(12-11)8(13)10(4,5)6/h1-6H3. The second kappa shape index (κ2) is 3.43. The number of carbonyl (C=O) groups is 1. The fourth-order valence-electron chi connectivity index (χ4n) is 0.891. The van der Waals surface area contributed by atoms with Gasteiger partial charge in [0, 0.05) is 5.41 Å².